The fourth-order valence-electron chi connectivity index (χ4n) is 1.73. The van der Waals surface area contributed by atoms with Gasteiger partial charge in [-0.3, -0.25) is 4.57 Å². The van der Waals surface area contributed by atoms with Gasteiger partial charge >= 0.3 is 11.7 Å². The number of hydrogen-bond acceptors (Lipinski definition) is 2. The van der Waals surface area contributed by atoms with Crippen molar-refractivity contribution in [2.75, 3.05) is 0 Å². The van der Waals surface area contributed by atoms with E-state index < -0.39 is 11.5 Å². The second kappa shape index (κ2) is 2.48. The molecule has 0 unspecified atom stereocenters. The van der Waals surface area contributed by atoms with Crippen LogP contribution in [0, 0.1) is 0 Å². The summed E-state index contributed by atoms with van der Waals surface area (Å²) in [7, 11) is 0. The van der Waals surface area contributed by atoms with Crippen LogP contribution in [-0.4, -0.2) is 20.6 Å². The zero-order valence-corrected chi connectivity index (χ0v) is 6.99. The summed E-state index contributed by atoms with van der Waals surface area (Å²) >= 11 is 0. The molecule has 0 radical (unpaired) electrons. The molecule has 13 heavy (non-hydrogen) atoms. The quantitative estimate of drug-likeness (QED) is 0.683. The number of nitrogens with one attached hydrogen (secondary N) is 1. The van der Waals surface area contributed by atoms with Crippen molar-refractivity contribution >= 4 is 5.97 Å². The summed E-state index contributed by atoms with van der Waals surface area (Å²) in [6, 6.07) is 0. The lowest BCUT2D eigenvalue weighted by Crippen LogP contribution is -2.51. The third kappa shape index (κ3) is 0.929. The molecule has 5 nitrogen and oxygen atoms in total. The van der Waals surface area contributed by atoms with Crippen molar-refractivity contribution < 1.29 is 9.90 Å². The third-order valence-electron chi connectivity index (χ3n) is 2.69. The van der Waals surface area contributed by atoms with Crippen molar-refractivity contribution in [2.45, 2.75) is 24.8 Å². The van der Waals surface area contributed by atoms with Gasteiger partial charge in [-0.1, -0.05) is 0 Å². The largest absolute Gasteiger partial charge is 0.479 e. The maximum Gasteiger partial charge on any atom is 0.330 e. The molecule has 1 heterocycles. The summed E-state index contributed by atoms with van der Waals surface area (Å²) < 4.78 is 1.28. The number of aromatic amines is 1. The molecule has 70 valence electrons. The number of hydrogen-bond donors (Lipinski definition) is 2. The molecule has 0 spiro atoms. The molecule has 0 saturated heterocycles. The molecular weight excluding hydrogens is 172 g/mol. The fraction of sp³-hybridized carbons (Fsp3) is 0.500. The first-order valence-corrected chi connectivity index (χ1v) is 4.17. The van der Waals surface area contributed by atoms with Crippen molar-refractivity contribution in [2.24, 2.45) is 0 Å². The SMILES string of the molecule is O=C(O)C1(n2cc[nH]c2=O)CCC1. The van der Waals surface area contributed by atoms with Crippen LogP contribution in [0.1, 0.15) is 19.3 Å². The van der Waals surface area contributed by atoms with Crippen LogP contribution in [0.2, 0.25) is 0 Å². The number of aliphatic carboxylic acids is 1. The molecular formula is C8H10N2O3. The molecule has 0 aliphatic heterocycles. The molecule has 1 saturated carbocycles. The normalized spacial score (nSPS) is 19.4. The molecule has 1 fully saturated rings. The van der Waals surface area contributed by atoms with Crippen LogP contribution >= 0.6 is 0 Å². The fourth-order valence-corrected chi connectivity index (χ4v) is 1.73. The summed E-state index contributed by atoms with van der Waals surface area (Å²) in [5.41, 5.74) is -1.32. The maximum absolute atomic E-state index is 11.2. The Labute approximate surface area is 74.0 Å². The van der Waals surface area contributed by atoms with Gasteiger partial charge in [0.15, 0.2) is 0 Å². The van der Waals surface area contributed by atoms with Crippen LogP contribution in [0.25, 0.3) is 0 Å². The van der Waals surface area contributed by atoms with Crippen LogP contribution in [0.3, 0.4) is 0 Å². The molecule has 2 rings (SSSR count). The van der Waals surface area contributed by atoms with Crippen molar-refractivity contribution in [3.63, 3.8) is 0 Å². The van der Waals surface area contributed by atoms with E-state index in [0.29, 0.717) is 12.8 Å². The van der Waals surface area contributed by atoms with Gasteiger partial charge in [-0.2, -0.15) is 0 Å². The number of rotatable bonds is 2. The molecule has 1 aliphatic rings. The van der Waals surface area contributed by atoms with Gasteiger partial charge in [0.05, 0.1) is 0 Å². The summed E-state index contributed by atoms with van der Waals surface area (Å²) in [6.45, 7) is 0. The van der Waals surface area contributed by atoms with Crippen LogP contribution in [0.5, 0.6) is 0 Å². The van der Waals surface area contributed by atoms with Crippen molar-refractivity contribution in [1.82, 2.24) is 9.55 Å². The standard InChI is InChI=1S/C8H10N2O3/c11-6(12)8(2-1-3-8)10-5-4-9-7(10)13/h4-5H,1-3H2,(H,9,13)(H,11,12). The second-order valence-electron chi connectivity index (χ2n) is 3.33. The number of aromatic nitrogens is 2. The van der Waals surface area contributed by atoms with Gasteiger partial charge in [0.2, 0.25) is 0 Å². The molecule has 1 aliphatic carbocycles. The highest BCUT2D eigenvalue weighted by atomic mass is 16.4. The van der Waals surface area contributed by atoms with E-state index in [4.69, 9.17) is 5.11 Å². The van der Waals surface area contributed by atoms with Gasteiger partial charge in [0.25, 0.3) is 0 Å². The maximum atomic E-state index is 11.2. The number of imidazole rings is 1. The first-order valence-electron chi connectivity index (χ1n) is 4.17. The minimum Gasteiger partial charge on any atom is -0.479 e. The number of carboxylic acids is 1. The Kier molecular flexibility index (Phi) is 1.55. The highest BCUT2D eigenvalue weighted by molar-refractivity contribution is 5.77. The summed E-state index contributed by atoms with van der Waals surface area (Å²) in [5, 5.41) is 9.01. The van der Waals surface area contributed by atoms with Crippen molar-refractivity contribution in [1.29, 1.82) is 0 Å². The molecule has 1 aromatic heterocycles. The molecule has 0 bridgehead atoms. The van der Waals surface area contributed by atoms with Gasteiger partial charge in [0.1, 0.15) is 5.54 Å². The van der Waals surface area contributed by atoms with Crippen LogP contribution in [0.15, 0.2) is 17.2 Å². The highest BCUT2D eigenvalue weighted by Crippen LogP contribution is 2.38. The van der Waals surface area contributed by atoms with Gasteiger partial charge in [0, 0.05) is 12.4 Å². The molecule has 0 aromatic carbocycles. The molecule has 0 atom stereocenters. The average Bonchev–Trinajstić information content (AvgIpc) is 2.34. The zero-order chi connectivity index (χ0) is 9.47. The second-order valence-corrected chi connectivity index (χ2v) is 3.33. The van der Waals surface area contributed by atoms with Gasteiger partial charge in [-0.05, 0) is 19.3 Å². The first kappa shape index (κ1) is 8.10. The van der Waals surface area contributed by atoms with Crippen molar-refractivity contribution in [3.8, 4) is 0 Å². The zero-order valence-electron chi connectivity index (χ0n) is 6.99. The lowest BCUT2D eigenvalue weighted by molar-refractivity contribution is -0.152. The van der Waals surface area contributed by atoms with Gasteiger partial charge < -0.3 is 10.1 Å². The van der Waals surface area contributed by atoms with E-state index in [9.17, 15) is 9.59 Å². The Morgan fingerprint density at radius 2 is 2.31 bits per heavy atom. The van der Waals surface area contributed by atoms with Gasteiger partial charge in [-0.25, -0.2) is 9.59 Å². The Hall–Kier alpha value is -1.52. The average molecular weight is 182 g/mol. The predicted molar refractivity (Wildman–Crippen MR) is 44.5 cm³/mol. The van der Waals surface area contributed by atoms with E-state index >= 15 is 0 Å². The van der Waals surface area contributed by atoms with Crippen LogP contribution in [0.4, 0.5) is 0 Å². The number of carboxylic acid groups (broad SMARTS) is 1. The summed E-state index contributed by atoms with van der Waals surface area (Å²) in [5.74, 6) is -0.916. The summed E-state index contributed by atoms with van der Waals surface area (Å²) in [4.78, 5) is 24.6. The smallest absolute Gasteiger partial charge is 0.330 e. The first-order chi connectivity index (χ1) is 6.17. The van der Waals surface area contributed by atoms with Gasteiger partial charge in [-0.15, -0.1) is 0 Å². The number of carbonyl (C=O) groups is 1. The Balaban J connectivity index is 2.49. The Bertz CT molecular complexity index is 386. The lowest BCUT2D eigenvalue weighted by Gasteiger charge is -2.37. The molecule has 1 aromatic rings. The minimum absolute atomic E-state index is 0.345. The summed E-state index contributed by atoms with van der Waals surface area (Å²) in [6.07, 6.45) is 4.91. The van der Waals surface area contributed by atoms with E-state index in [1.54, 1.807) is 0 Å². The lowest BCUT2D eigenvalue weighted by atomic mass is 9.76. The highest BCUT2D eigenvalue weighted by Gasteiger charge is 2.46. The van der Waals surface area contributed by atoms with E-state index in [1.807, 2.05) is 0 Å². The molecule has 0 amide bonds. The monoisotopic (exact) mass is 182 g/mol. The predicted octanol–water partition coefficient (Wildman–Crippen LogP) is 0.140. The number of H-pyrrole nitrogens is 1. The topological polar surface area (TPSA) is 75.1 Å². The Morgan fingerprint density at radius 1 is 1.62 bits per heavy atom. The van der Waals surface area contributed by atoms with E-state index in [1.165, 1.54) is 17.0 Å². The number of nitrogens with zero attached hydrogens (tertiary/aromatic N) is 1. The van der Waals surface area contributed by atoms with E-state index in [-0.39, 0.29) is 5.69 Å². The van der Waals surface area contributed by atoms with E-state index in [0.717, 1.165) is 6.42 Å². The molecule has 5 heteroatoms. The molecule has 2 N–H and O–H groups in total. The minimum atomic E-state index is -0.975. The van der Waals surface area contributed by atoms with Crippen LogP contribution < -0.4 is 5.69 Å². The third-order valence-corrected chi connectivity index (χ3v) is 2.69. The van der Waals surface area contributed by atoms with E-state index in [2.05, 4.69) is 4.98 Å². The Morgan fingerprint density at radius 3 is 2.62 bits per heavy atom. The van der Waals surface area contributed by atoms with Crippen LogP contribution in [-0.2, 0) is 10.3 Å². The van der Waals surface area contributed by atoms with Crippen molar-refractivity contribution in [3.05, 3.63) is 22.9 Å².